The molecule has 1 aliphatic heterocycles. The Hall–Kier alpha value is -0.720. The van der Waals surface area contributed by atoms with E-state index in [1.165, 1.54) is 0 Å². The monoisotopic (exact) mass is 395 g/mol. The quantitative estimate of drug-likeness (QED) is 0.312. The Morgan fingerprint density at radius 1 is 1.24 bits per heavy atom. The van der Waals surface area contributed by atoms with Gasteiger partial charge in [0.05, 0.1) is 19.8 Å². The van der Waals surface area contributed by atoms with Crippen LogP contribution in [0.1, 0.15) is 5.56 Å². The Labute approximate surface area is 149 Å². The van der Waals surface area contributed by atoms with E-state index in [9.17, 15) is 23.7 Å². The first kappa shape index (κ1) is 20.6. The van der Waals surface area contributed by atoms with Crippen molar-refractivity contribution in [3.05, 3.63) is 35.9 Å². The average molecular weight is 395 g/mol. The minimum Gasteiger partial charge on any atom is -0.391 e. The standard InChI is InChI=1S/C15H22O8S2/c16-6-14-15(18)13(17)10-24(14)9-12(8-23-25(19,20)21)22-7-11-4-2-1-3-5-11/h1-5,12-18H,6-10H2/p+1/t12-,13+,14+,15-,24?/m0/s1. The van der Waals surface area contributed by atoms with Gasteiger partial charge in [0.25, 0.3) is 0 Å². The van der Waals surface area contributed by atoms with E-state index < -0.39 is 44.9 Å². The Morgan fingerprint density at radius 2 is 1.92 bits per heavy atom. The van der Waals surface area contributed by atoms with Gasteiger partial charge in [0.15, 0.2) is 5.25 Å². The summed E-state index contributed by atoms with van der Waals surface area (Å²) in [7, 11) is -5.17. The summed E-state index contributed by atoms with van der Waals surface area (Å²) >= 11 is 0. The van der Waals surface area contributed by atoms with Gasteiger partial charge in [-0.3, -0.25) is 4.55 Å². The van der Waals surface area contributed by atoms with Crippen molar-refractivity contribution in [2.75, 3.05) is 24.7 Å². The molecule has 142 valence electrons. The SMILES string of the molecule is O=S(=O)(O)OC[C@@H](C[S+]1C[C@@H](O)[C@H](O)[C@H]1CO)OCc1ccccc1. The van der Waals surface area contributed by atoms with E-state index in [0.29, 0.717) is 11.5 Å². The van der Waals surface area contributed by atoms with Crippen LogP contribution in [0, 0.1) is 0 Å². The molecule has 0 saturated carbocycles. The molecule has 1 heterocycles. The molecular formula is C15H23O8S2+. The molecule has 0 spiro atoms. The van der Waals surface area contributed by atoms with Crippen LogP contribution >= 0.6 is 0 Å². The van der Waals surface area contributed by atoms with Gasteiger partial charge in [0.2, 0.25) is 0 Å². The molecule has 0 amide bonds. The molecule has 5 atom stereocenters. The molecule has 0 radical (unpaired) electrons. The minimum absolute atomic E-state index is 0.215. The summed E-state index contributed by atoms with van der Waals surface area (Å²) < 4.78 is 40.6. The lowest BCUT2D eigenvalue weighted by Crippen LogP contribution is -2.38. The summed E-state index contributed by atoms with van der Waals surface area (Å²) in [6, 6.07) is 9.24. The molecule has 8 nitrogen and oxygen atoms in total. The van der Waals surface area contributed by atoms with Crippen molar-refractivity contribution in [1.82, 2.24) is 0 Å². The van der Waals surface area contributed by atoms with E-state index in [4.69, 9.17) is 9.29 Å². The van der Waals surface area contributed by atoms with Gasteiger partial charge in [-0.1, -0.05) is 30.3 Å². The molecule has 1 aliphatic rings. The fourth-order valence-corrected chi connectivity index (χ4v) is 5.67. The predicted molar refractivity (Wildman–Crippen MR) is 92.5 cm³/mol. The minimum atomic E-state index is -4.60. The predicted octanol–water partition coefficient (Wildman–Crippen LogP) is -0.894. The fraction of sp³-hybridized carbons (Fsp3) is 0.600. The molecule has 0 bridgehead atoms. The molecule has 1 unspecified atom stereocenters. The second kappa shape index (κ2) is 9.28. The highest BCUT2D eigenvalue weighted by molar-refractivity contribution is 7.97. The van der Waals surface area contributed by atoms with Gasteiger partial charge in [-0.05, 0) is 5.56 Å². The number of aliphatic hydroxyl groups excluding tert-OH is 3. The van der Waals surface area contributed by atoms with E-state index in [0.717, 1.165) is 5.56 Å². The largest absolute Gasteiger partial charge is 0.397 e. The van der Waals surface area contributed by atoms with Gasteiger partial charge >= 0.3 is 10.4 Å². The maximum absolute atomic E-state index is 10.8. The van der Waals surface area contributed by atoms with Crippen molar-refractivity contribution in [3.8, 4) is 0 Å². The van der Waals surface area contributed by atoms with E-state index in [1.54, 1.807) is 0 Å². The number of hydrogen-bond acceptors (Lipinski definition) is 7. The van der Waals surface area contributed by atoms with Crippen molar-refractivity contribution in [1.29, 1.82) is 0 Å². The molecule has 4 N–H and O–H groups in total. The lowest BCUT2D eigenvalue weighted by Gasteiger charge is -2.19. The maximum atomic E-state index is 10.8. The molecule has 0 aliphatic carbocycles. The molecule has 2 rings (SSSR count). The summed E-state index contributed by atoms with van der Waals surface area (Å²) in [5.74, 6) is 0.588. The van der Waals surface area contributed by atoms with Crippen LogP contribution in [0.3, 0.4) is 0 Å². The van der Waals surface area contributed by atoms with Gasteiger partial charge in [-0.2, -0.15) is 8.42 Å². The summed E-state index contributed by atoms with van der Waals surface area (Å²) in [6.07, 6.45) is -2.64. The van der Waals surface area contributed by atoms with Crippen molar-refractivity contribution < 1.29 is 37.2 Å². The van der Waals surface area contributed by atoms with Crippen LogP contribution in [0.4, 0.5) is 0 Å². The molecule has 10 heteroatoms. The first-order valence-electron chi connectivity index (χ1n) is 7.71. The number of benzene rings is 1. The Kier molecular flexibility index (Phi) is 7.65. The van der Waals surface area contributed by atoms with Crippen LogP contribution in [-0.2, 0) is 36.8 Å². The molecule has 1 aromatic carbocycles. The highest BCUT2D eigenvalue weighted by atomic mass is 32.3. The van der Waals surface area contributed by atoms with E-state index in [1.807, 2.05) is 30.3 Å². The van der Waals surface area contributed by atoms with Gasteiger partial charge in [0.1, 0.15) is 29.8 Å². The molecule has 1 aromatic rings. The zero-order valence-electron chi connectivity index (χ0n) is 13.5. The Balaban J connectivity index is 2.00. The second-order valence-corrected chi connectivity index (χ2v) is 9.22. The summed E-state index contributed by atoms with van der Waals surface area (Å²) in [6.45, 7) is -0.460. The molecular weight excluding hydrogens is 372 g/mol. The van der Waals surface area contributed by atoms with E-state index >= 15 is 0 Å². The molecule has 1 fully saturated rings. The topological polar surface area (TPSA) is 134 Å². The third kappa shape index (κ3) is 6.50. The van der Waals surface area contributed by atoms with E-state index in [2.05, 4.69) is 4.18 Å². The Morgan fingerprint density at radius 3 is 2.52 bits per heavy atom. The van der Waals surface area contributed by atoms with Crippen LogP contribution in [0.5, 0.6) is 0 Å². The normalized spacial score (nSPS) is 28.2. The fourth-order valence-electron chi connectivity index (χ4n) is 2.62. The maximum Gasteiger partial charge on any atom is 0.397 e. The summed E-state index contributed by atoms with van der Waals surface area (Å²) in [5.41, 5.74) is 0.882. The van der Waals surface area contributed by atoms with Crippen LogP contribution in [-0.4, -0.2) is 76.6 Å². The number of hydrogen-bond donors (Lipinski definition) is 4. The van der Waals surface area contributed by atoms with Crippen LogP contribution in [0.2, 0.25) is 0 Å². The van der Waals surface area contributed by atoms with Gasteiger partial charge < -0.3 is 20.1 Å². The second-order valence-electron chi connectivity index (χ2n) is 5.78. The smallest absolute Gasteiger partial charge is 0.391 e. The average Bonchev–Trinajstić information content (AvgIpc) is 2.83. The van der Waals surface area contributed by atoms with Crippen LogP contribution < -0.4 is 0 Å². The first-order chi connectivity index (χ1) is 11.8. The number of ether oxygens (including phenoxy) is 1. The molecule has 1 saturated heterocycles. The third-order valence-corrected chi connectivity index (χ3v) is 7.19. The summed E-state index contributed by atoms with van der Waals surface area (Å²) in [4.78, 5) is 0. The number of rotatable bonds is 9. The van der Waals surface area contributed by atoms with Crippen molar-refractivity contribution in [3.63, 3.8) is 0 Å². The summed E-state index contributed by atoms with van der Waals surface area (Å²) in [5, 5.41) is 28.6. The molecule has 25 heavy (non-hydrogen) atoms. The zero-order valence-corrected chi connectivity index (χ0v) is 15.1. The lowest BCUT2D eigenvalue weighted by atomic mass is 10.2. The highest BCUT2D eigenvalue weighted by Crippen LogP contribution is 2.25. The van der Waals surface area contributed by atoms with E-state index in [-0.39, 0.29) is 19.8 Å². The van der Waals surface area contributed by atoms with Gasteiger partial charge in [0, 0.05) is 10.9 Å². The lowest BCUT2D eigenvalue weighted by molar-refractivity contribution is 0.0224. The van der Waals surface area contributed by atoms with Crippen LogP contribution in [0.15, 0.2) is 30.3 Å². The van der Waals surface area contributed by atoms with Crippen LogP contribution in [0.25, 0.3) is 0 Å². The van der Waals surface area contributed by atoms with Crippen molar-refractivity contribution in [2.24, 2.45) is 0 Å². The zero-order chi connectivity index (χ0) is 18.4. The molecule has 0 aromatic heterocycles. The first-order valence-corrected chi connectivity index (χ1v) is 10.7. The third-order valence-electron chi connectivity index (χ3n) is 3.90. The Bertz CT molecular complexity index is 624. The van der Waals surface area contributed by atoms with Crippen molar-refractivity contribution >= 4 is 21.3 Å². The van der Waals surface area contributed by atoms with Crippen molar-refractivity contribution in [2.45, 2.75) is 30.2 Å². The highest BCUT2D eigenvalue weighted by Gasteiger charge is 2.50. The number of aliphatic hydroxyl groups is 3. The van der Waals surface area contributed by atoms with Gasteiger partial charge in [-0.25, -0.2) is 4.18 Å². The van der Waals surface area contributed by atoms with Gasteiger partial charge in [-0.15, -0.1) is 0 Å².